The molecule has 0 spiro atoms. The fourth-order valence-electron chi connectivity index (χ4n) is 2.12. The van der Waals surface area contributed by atoms with Crippen LogP contribution in [0.4, 0.5) is 0 Å². The molecule has 1 atom stereocenters. The van der Waals surface area contributed by atoms with E-state index < -0.39 is 0 Å². The van der Waals surface area contributed by atoms with Crippen LogP contribution in [0.3, 0.4) is 0 Å². The van der Waals surface area contributed by atoms with E-state index in [1.807, 2.05) is 13.1 Å². The molecule has 3 heteroatoms. The Morgan fingerprint density at radius 2 is 1.83 bits per heavy atom. The maximum Gasteiger partial charge on any atom is 0.0897 e. The van der Waals surface area contributed by atoms with Crippen LogP contribution in [0.1, 0.15) is 39.5 Å². The van der Waals surface area contributed by atoms with Gasteiger partial charge in [-0.2, -0.15) is 0 Å². The Bertz CT molecular complexity index is 511. The molecule has 0 aliphatic heterocycles. The molecule has 1 aromatic heterocycles. The molecule has 0 aliphatic carbocycles. The van der Waals surface area contributed by atoms with Gasteiger partial charge in [-0.3, -0.25) is 0 Å². The van der Waals surface area contributed by atoms with E-state index in [0.29, 0.717) is 6.04 Å². The number of aromatic nitrogens is 1. The average molecular weight is 260 g/mol. The lowest BCUT2D eigenvalue weighted by molar-refractivity contribution is 0.578. The van der Waals surface area contributed by atoms with E-state index in [9.17, 15) is 0 Å². The summed E-state index contributed by atoms with van der Waals surface area (Å²) in [6, 6.07) is 7.08. The van der Waals surface area contributed by atoms with Gasteiger partial charge in [0.2, 0.25) is 0 Å². The molecule has 0 radical (unpaired) electrons. The zero-order valence-electron chi connectivity index (χ0n) is 11.4. The van der Waals surface area contributed by atoms with Crippen molar-refractivity contribution in [1.82, 2.24) is 10.3 Å². The molecule has 0 saturated carbocycles. The summed E-state index contributed by atoms with van der Waals surface area (Å²) in [6.07, 6.45) is 1.96. The van der Waals surface area contributed by atoms with Gasteiger partial charge in [-0.25, -0.2) is 4.98 Å². The van der Waals surface area contributed by atoms with Gasteiger partial charge >= 0.3 is 0 Å². The molecule has 0 saturated heterocycles. The largest absolute Gasteiger partial charge is 0.305 e. The summed E-state index contributed by atoms with van der Waals surface area (Å²) in [5, 5.41) is 4.68. The minimum Gasteiger partial charge on any atom is -0.305 e. The molecule has 96 valence electrons. The van der Waals surface area contributed by atoms with E-state index in [1.165, 1.54) is 21.6 Å². The second kappa shape index (κ2) is 5.63. The van der Waals surface area contributed by atoms with Gasteiger partial charge in [0.1, 0.15) is 0 Å². The van der Waals surface area contributed by atoms with Crippen LogP contribution >= 0.6 is 11.3 Å². The third kappa shape index (κ3) is 3.40. The van der Waals surface area contributed by atoms with Gasteiger partial charge < -0.3 is 5.32 Å². The number of thiazole rings is 1. The normalized spacial score (nSPS) is 12.7. The predicted octanol–water partition coefficient (Wildman–Crippen LogP) is 3.92. The molecule has 1 aromatic carbocycles. The number of benzene rings is 1. The number of nitrogens with zero attached hydrogens (tertiary/aromatic N) is 1. The van der Waals surface area contributed by atoms with E-state index in [4.69, 9.17) is 0 Å². The molecular formula is C15H20N2S. The Hall–Kier alpha value is -1.19. The molecule has 1 N–H and O–H groups in total. The van der Waals surface area contributed by atoms with Crippen molar-refractivity contribution in [2.75, 3.05) is 0 Å². The van der Waals surface area contributed by atoms with Gasteiger partial charge in [0, 0.05) is 23.7 Å². The third-order valence-corrected chi connectivity index (χ3v) is 3.91. The van der Waals surface area contributed by atoms with Crippen molar-refractivity contribution in [3.8, 4) is 0 Å². The maximum atomic E-state index is 4.27. The first-order chi connectivity index (χ1) is 8.54. The summed E-state index contributed by atoms with van der Waals surface area (Å²) in [6.45, 7) is 9.44. The Kier molecular flexibility index (Phi) is 4.15. The highest BCUT2D eigenvalue weighted by Gasteiger charge is 2.07. The lowest BCUT2D eigenvalue weighted by Crippen LogP contribution is -2.17. The van der Waals surface area contributed by atoms with Crippen molar-refractivity contribution < 1.29 is 0 Å². The summed E-state index contributed by atoms with van der Waals surface area (Å²) in [7, 11) is 0. The topological polar surface area (TPSA) is 24.9 Å². The molecule has 0 aliphatic rings. The van der Waals surface area contributed by atoms with E-state index in [2.05, 4.69) is 49.3 Å². The van der Waals surface area contributed by atoms with Crippen LogP contribution in [0.15, 0.2) is 24.4 Å². The van der Waals surface area contributed by atoms with Gasteiger partial charge in [-0.05, 0) is 33.3 Å². The first kappa shape index (κ1) is 13.2. The van der Waals surface area contributed by atoms with Crippen molar-refractivity contribution in [2.24, 2.45) is 0 Å². The second-order valence-corrected chi connectivity index (χ2v) is 6.19. The van der Waals surface area contributed by atoms with E-state index in [0.717, 1.165) is 11.6 Å². The molecule has 18 heavy (non-hydrogen) atoms. The van der Waals surface area contributed by atoms with Crippen LogP contribution in [0.25, 0.3) is 0 Å². The average Bonchev–Trinajstić information content (AvgIpc) is 2.70. The highest BCUT2D eigenvalue weighted by Crippen LogP contribution is 2.18. The minimum absolute atomic E-state index is 0.367. The van der Waals surface area contributed by atoms with Crippen LogP contribution in [0.5, 0.6) is 0 Å². The number of nitrogens with one attached hydrogen (secondary N) is 1. The summed E-state index contributed by atoms with van der Waals surface area (Å²) >= 11 is 1.76. The minimum atomic E-state index is 0.367. The molecule has 0 amide bonds. The van der Waals surface area contributed by atoms with E-state index >= 15 is 0 Å². The molecular weight excluding hydrogens is 240 g/mol. The van der Waals surface area contributed by atoms with E-state index in [-0.39, 0.29) is 0 Å². The van der Waals surface area contributed by atoms with Crippen LogP contribution in [0, 0.1) is 20.8 Å². The van der Waals surface area contributed by atoms with Crippen molar-refractivity contribution >= 4 is 11.3 Å². The van der Waals surface area contributed by atoms with Crippen molar-refractivity contribution in [3.05, 3.63) is 51.0 Å². The summed E-state index contributed by atoms with van der Waals surface area (Å²) in [4.78, 5) is 5.57. The fourth-order valence-corrected chi connectivity index (χ4v) is 2.86. The second-order valence-electron chi connectivity index (χ2n) is 4.87. The number of rotatable bonds is 4. The summed E-state index contributed by atoms with van der Waals surface area (Å²) in [5.74, 6) is 0. The quantitative estimate of drug-likeness (QED) is 0.901. The zero-order chi connectivity index (χ0) is 13.1. The van der Waals surface area contributed by atoms with Crippen molar-refractivity contribution in [3.63, 3.8) is 0 Å². The summed E-state index contributed by atoms with van der Waals surface area (Å²) < 4.78 is 0. The van der Waals surface area contributed by atoms with E-state index in [1.54, 1.807) is 11.3 Å². The Labute approximate surface area is 113 Å². The smallest absolute Gasteiger partial charge is 0.0897 e. The highest BCUT2D eigenvalue weighted by atomic mass is 32.1. The van der Waals surface area contributed by atoms with Crippen molar-refractivity contribution in [2.45, 2.75) is 40.3 Å². The Morgan fingerprint density at radius 3 is 2.39 bits per heavy atom. The van der Waals surface area contributed by atoms with Gasteiger partial charge in [0.05, 0.1) is 5.01 Å². The van der Waals surface area contributed by atoms with Gasteiger partial charge in [-0.15, -0.1) is 11.3 Å². The lowest BCUT2D eigenvalue weighted by atomic mass is 10.0. The van der Waals surface area contributed by atoms with Crippen LogP contribution in [-0.4, -0.2) is 4.98 Å². The third-order valence-electron chi connectivity index (χ3n) is 3.00. The molecule has 0 fully saturated rings. The number of aryl methyl sites for hydroxylation is 3. The first-order valence-corrected chi connectivity index (χ1v) is 7.09. The van der Waals surface area contributed by atoms with Crippen LogP contribution in [-0.2, 0) is 6.54 Å². The Morgan fingerprint density at radius 1 is 1.17 bits per heavy atom. The van der Waals surface area contributed by atoms with Crippen LogP contribution in [0.2, 0.25) is 0 Å². The number of hydrogen-bond acceptors (Lipinski definition) is 3. The maximum absolute atomic E-state index is 4.27. The molecule has 2 rings (SSSR count). The van der Waals surface area contributed by atoms with Crippen LogP contribution < -0.4 is 5.32 Å². The number of hydrogen-bond donors (Lipinski definition) is 1. The SMILES string of the molecule is Cc1cc(C)cc(C(C)NCc2cnc(C)s2)c1. The molecule has 2 aromatic rings. The zero-order valence-corrected chi connectivity index (χ0v) is 12.3. The standard InChI is InChI=1S/C15H20N2S/c1-10-5-11(2)7-14(6-10)12(3)16-8-15-9-17-13(4)18-15/h5-7,9,12,16H,8H2,1-4H3. The lowest BCUT2D eigenvalue weighted by Gasteiger charge is -2.15. The Balaban J connectivity index is 2.01. The first-order valence-electron chi connectivity index (χ1n) is 6.27. The fraction of sp³-hybridized carbons (Fsp3) is 0.400. The predicted molar refractivity (Wildman–Crippen MR) is 78.0 cm³/mol. The monoisotopic (exact) mass is 260 g/mol. The highest BCUT2D eigenvalue weighted by molar-refractivity contribution is 7.11. The summed E-state index contributed by atoms with van der Waals surface area (Å²) in [5.41, 5.74) is 4.01. The molecule has 1 heterocycles. The molecule has 1 unspecified atom stereocenters. The molecule has 2 nitrogen and oxygen atoms in total. The van der Waals surface area contributed by atoms with Gasteiger partial charge in [0.15, 0.2) is 0 Å². The van der Waals surface area contributed by atoms with Gasteiger partial charge in [0.25, 0.3) is 0 Å². The van der Waals surface area contributed by atoms with Gasteiger partial charge in [-0.1, -0.05) is 29.3 Å². The molecule has 0 bridgehead atoms. The van der Waals surface area contributed by atoms with Crippen molar-refractivity contribution in [1.29, 1.82) is 0 Å².